The maximum absolute atomic E-state index is 12.2. The van der Waals surface area contributed by atoms with Crippen LogP contribution in [0.25, 0.3) is 11.7 Å². The van der Waals surface area contributed by atoms with Crippen LogP contribution in [0.2, 0.25) is 0 Å². The zero-order valence-electron chi connectivity index (χ0n) is 17.5. The lowest BCUT2D eigenvalue weighted by molar-refractivity contribution is -0.116. The zero-order valence-corrected chi connectivity index (χ0v) is 17.5. The van der Waals surface area contributed by atoms with Gasteiger partial charge in [-0.2, -0.15) is 0 Å². The predicted molar refractivity (Wildman–Crippen MR) is 123 cm³/mol. The van der Waals surface area contributed by atoms with Crippen molar-refractivity contribution in [2.45, 2.75) is 20.0 Å². The third-order valence-electron chi connectivity index (χ3n) is 4.88. The van der Waals surface area contributed by atoms with E-state index in [4.69, 9.17) is 4.74 Å². The monoisotopic (exact) mass is 411 g/mol. The maximum Gasteiger partial charge on any atom is 0.244 e. The number of hydrogen-bond donors (Lipinski definition) is 1. The molecule has 5 nitrogen and oxygen atoms in total. The topological polar surface area (TPSA) is 55.6 Å². The fraction of sp³-hybridized carbons (Fsp3) is 0.154. The fourth-order valence-corrected chi connectivity index (χ4v) is 3.25. The number of aryl methyl sites for hydroxylation is 1. The van der Waals surface area contributed by atoms with E-state index in [0.29, 0.717) is 19.6 Å². The molecule has 1 N–H and O–H groups in total. The van der Waals surface area contributed by atoms with Crippen LogP contribution in [-0.2, 0) is 17.8 Å². The number of pyridine rings is 1. The molecule has 0 saturated carbocycles. The van der Waals surface area contributed by atoms with Crippen molar-refractivity contribution in [1.29, 1.82) is 0 Å². The smallest absolute Gasteiger partial charge is 0.244 e. The average Bonchev–Trinajstić information content (AvgIpc) is 3.19. The molecule has 0 fully saturated rings. The minimum absolute atomic E-state index is 0.129. The molecular weight excluding hydrogens is 386 g/mol. The number of nitrogens with one attached hydrogen (secondary N) is 1. The molecule has 156 valence electrons. The van der Waals surface area contributed by atoms with Crippen molar-refractivity contribution in [2.24, 2.45) is 0 Å². The molecule has 0 saturated heterocycles. The van der Waals surface area contributed by atoms with Gasteiger partial charge in [0.05, 0.1) is 5.69 Å². The van der Waals surface area contributed by atoms with E-state index < -0.39 is 0 Å². The summed E-state index contributed by atoms with van der Waals surface area (Å²) in [5.41, 5.74) is 5.09. The number of rotatable bonds is 8. The van der Waals surface area contributed by atoms with Crippen molar-refractivity contribution in [2.75, 3.05) is 6.54 Å². The summed E-state index contributed by atoms with van der Waals surface area (Å²) >= 11 is 0. The van der Waals surface area contributed by atoms with E-state index in [9.17, 15) is 4.79 Å². The van der Waals surface area contributed by atoms with Crippen LogP contribution >= 0.6 is 0 Å². The SMILES string of the molecule is Cc1ccn2cc(CCNC(=O)/C=C/c3cccc(OCc4ccccc4)c3)nc2c1. The van der Waals surface area contributed by atoms with Gasteiger partial charge in [-0.1, -0.05) is 42.5 Å². The minimum atomic E-state index is -0.129. The van der Waals surface area contributed by atoms with Gasteiger partial charge in [0.1, 0.15) is 18.0 Å². The maximum atomic E-state index is 12.2. The standard InChI is InChI=1S/C26H25N3O2/c1-20-13-15-29-18-23(28-25(29)16-20)12-14-27-26(30)11-10-21-8-5-9-24(17-21)31-19-22-6-3-2-4-7-22/h2-11,13,15-18H,12,14,19H2,1H3,(H,27,30)/b11-10+. The minimum Gasteiger partial charge on any atom is -0.489 e. The Morgan fingerprint density at radius 3 is 2.84 bits per heavy atom. The highest BCUT2D eigenvalue weighted by atomic mass is 16.5. The molecular formula is C26H25N3O2. The summed E-state index contributed by atoms with van der Waals surface area (Å²) in [7, 11) is 0. The van der Waals surface area contributed by atoms with Gasteiger partial charge in [0, 0.05) is 31.4 Å². The van der Waals surface area contributed by atoms with E-state index in [-0.39, 0.29) is 5.91 Å². The Labute approximate surface area is 182 Å². The van der Waals surface area contributed by atoms with Crippen molar-refractivity contribution in [3.63, 3.8) is 0 Å². The van der Waals surface area contributed by atoms with E-state index in [2.05, 4.69) is 10.3 Å². The molecule has 0 aliphatic rings. The lowest BCUT2D eigenvalue weighted by Crippen LogP contribution is -2.23. The van der Waals surface area contributed by atoms with Crippen LogP contribution in [0.5, 0.6) is 5.75 Å². The second-order valence-corrected chi connectivity index (χ2v) is 7.42. The van der Waals surface area contributed by atoms with Crippen LogP contribution in [0, 0.1) is 6.92 Å². The molecule has 31 heavy (non-hydrogen) atoms. The molecule has 0 aliphatic heterocycles. The van der Waals surface area contributed by atoms with Crippen LogP contribution in [0.1, 0.15) is 22.4 Å². The second-order valence-electron chi connectivity index (χ2n) is 7.42. The van der Waals surface area contributed by atoms with Gasteiger partial charge in [0.25, 0.3) is 0 Å². The van der Waals surface area contributed by atoms with Crippen molar-refractivity contribution in [3.05, 3.63) is 108 Å². The molecule has 5 heteroatoms. The highest BCUT2D eigenvalue weighted by Crippen LogP contribution is 2.16. The summed E-state index contributed by atoms with van der Waals surface area (Å²) < 4.78 is 7.84. The van der Waals surface area contributed by atoms with E-state index in [0.717, 1.165) is 28.2 Å². The van der Waals surface area contributed by atoms with Crippen molar-refractivity contribution in [3.8, 4) is 5.75 Å². The molecule has 0 spiro atoms. The molecule has 2 aromatic carbocycles. The quantitative estimate of drug-likeness (QED) is 0.431. The van der Waals surface area contributed by atoms with Gasteiger partial charge in [0.15, 0.2) is 0 Å². The first-order chi connectivity index (χ1) is 15.2. The van der Waals surface area contributed by atoms with Gasteiger partial charge in [-0.15, -0.1) is 0 Å². The van der Waals surface area contributed by atoms with Crippen molar-refractivity contribution < 1.29 is 9.53 Å². The number of benzene rings is 2. The molecule has 0 aliphatic carbocycles. The number of carbonyl (C=O) groups is 1. The lowest BCUT2D eigenvalue weighted by atomic mass is 10.2. The first-order valence-corrected chi connectivity index (χ1v) is 10.3. The number of imidazole rings is 1. The fourth-order valence-electron chi connectivity index (χ4n) is 3.25. The van der Waals surface area contributed by atoms with Crippen LogP contribution < -0.4 is 10.1 Å². The zero-order chi connectivity index (χ0) is 21.5. The van der Waals surface area contributed by atoms with Gasteiger partial charge in [-0.25, -0.2) is 4.98 Å². The Morgan fingerprint density at radius 1 is 1.10 bits per heavy atom. The summed E-state index contributed by atoms with van der Waals surface area (Å²) in [6.07, 6.45) is 8.02. The van der Waals surface area contributed by atoms with Gasteiger partial charge in [0.2, 0.25) is 5.91 Å². The van der Waals surface area contributed by atoms with E-state index >= 15 is 0 Å². The number of carbonyl (C=O) groups excluding carboxylic acids is 1. The molecule has 1 amide bonds. The van der Waals surface area contributed by atoms with Gasteiger partial charge < -0.3 is 14.5 Å². The Hall–Kier alpha value is -3.86. The molecule has 0 radical (unpaired) electrons. The summed E-state index contributed by atoms with van der Waals surface area (Å²) in [6, 6.07) is 21.8. The number of aromatic nitrogens is 2. The highest BCUT2D eigenvalue weighted by molar-refractivity contribution is 5.91. The second kappa shape index (κ2) is 9.76. The molecule has 2 aromatic heterocycles. The van der Waals surface area contributed by atoms with Gasteiger partial charge >= 0.3 is 0 Å². The molecule has 0 atom stereocenters. The van der Waals surface area contributed by atoms with Gasteiger partial charge in [-0.3, -0.25) is 4.79 Å². The lowest BCUT2D eigenvalue weighted by Gasteiger charge is -2.07. The Kier molecular flexibility index (Phi) is 6.43. The number of fused-ring (bicyclic) bond motifs is 1. The highest BCUT2D eigenvalue weighted by Gasteiger charge is 2.03. The number of hydrogen-bond acceptors (Lipinski definition) is 3. The Bertz CT molecular complexity index is 1200. The Morgan fingerprint density at radius 2 is 1.97 bits per heavy atom. The summed E-state index contributed by atoms with van der Waals surface area (Å²) in [4.78, 5) is 16.8. The third kappa shape index (κ3) is 5.82. The largest absolute Gasteiger partial charge is 0.489 e. The molecule has 2 heterocycles. The molecule has 0 unspecified atom stereocenters. The van der Waals surface area contributed by atoms with E-state index in [1.807, 2.05) is 90.4 Å². The van der Waals surface area contributed by atoms with Gasteiger partial charge in [-0.05, 0) is 54.0 Å². The molecule has 0 bridgehead atoms. The number of nitrogens with zero attached hydrogens (tertiary/aromatic N) is 2. The van der Waals surface area contributed by atoms with Crippen molar-refractivity contribution in [1.82, 2.24) is 14.7 Å². The molecule has 4 rings (SSSR count). The first kappa shape index (κ1) is 20.4. The summed E-state index contributed by atoms with van der Waals surface area (Å²) in [5.74, 6) is 0.642. The summed E-state index contributed by atoms with van der Waals surface area (Å²) in [5, 5.41) is 2.91. The van der Waals surface area contributed by atoms with Crippen LogP contribution in [0.3, 0.4) is 0 Å². The van der Waals surface area contributed by atoms with Crippen LogP contribution in [0.15, 0.2) is 85.2 Å². The normalized spacial score (nSPS) is 11.1. The number of ether oxygens (including phenoxy) is 1. The van der Waals surface area contributed by atoms with Crippen molar-refractivity contribution >= 4 is 17.6 Å². The van der Waals surface area contributed by atoms with E-state index in [1.165, 1.54) is 5.56 Å². The predicted octanol–water partition coefficient (Wildman–Crippen LogP) is 4.59. The van der Waals surface area contributed by atoms with Crippen LogP contribution in [0.4, 0.5) is 0 Å². The Balaban J connectivity index is 1.26. The van der Waals surface area contributed by atoms with Crippen LogP contribution in [-0.4, -0.2) is 21.8 Å². The number of amides is 1. The third-order valence-corrected chi connectivity index (χ3v) is 4.88. The summed E-state index contributed by atoms with van der Waals surface area (Å²) in [6.45, 7) is 3.09. The first-order valence-electron chi connectivity index (χ1n) is 10.3. The van der Waals surface area contributed by atoms with E-state index in [1.54, 1.807) is 12.2 Å². The average molecular weight is 412 g/mol. The molecule has 4 aromatic rings.